The van der Waals surface area contributed by atoms with E-state index in [1.807, 2.05) is 13.0 Å². The highest BCUT2D eigenvalue weighted by atomic mass is 32.1. The zero-order chi connectivity index (χ0) is 17.2. The summed E-state index contributed by atoms with van der Waals surface area (Å²) in [6.45, 7) is 10.8. The molecule has 5 heteroatoms. The van der Waals surface area contributed by atoms with E-state index in [0.717, 1.165) is 12.8 Å². The second kappa shape index (κ2) is 7.04. The van der Waals surface area contributed by atoms with Crippen LogP contribution >= 0.6 is 11.3 Å². The van der Waals surface area contributed by atoms with Gasteiger partial charge in [-0.1, -0.05) is 20.8 Å². The summed E-state index contributed by atoms with van der Waals surface area (Å²) in [4.78, 5) is 25.8. The van der Waals surface area contributed by atoms with Gasteiger partial charge in [0, 0.05) is 11.4 Å². The van der Waals surface area contributed by atoms with Crippen molar-refractivity contribution in [2.75, 3.05) is 6.54 Å². The van der Waals surface area contributed by atoms with Crippen molar-refractivity contribution >= 4 is 23.2 Å². The zero-order valence-corrected chi connectivity index (χ0v) is 15.5. The Labute approximate surface area is 142 Å². The number of likely N-dealkylation sites (N-methyl/N-ethyl adjacent to an activating group) is 1. The van der Waals surface area contributed by atoms with Crippen molar-refractivity contribution in [2.24, 2.45) is 11.3 Å². The standard InChI is InChI=1S/C18H27NO3S/c1-6-19-16(20)11(2)22-17(21)15-10-12-9-13(18(3,4)5)7-8-14(12)23-15/h10-11,13H,6-9H2,1-5H3,(H,19,20)/t11-,13-/m1/s1. The summed E-state index contributed by atoms with van der Waals surface area (Å²) in [7, 11) is 0. The topological polar surface area (TPSA) is 55.4 Å². The summed E-state index contributed by atoms with van der Waals surface area (Å²) in [5.74, 6) is -0.00634. The lowest BCUT2D eigenvalue weighted by atomic mass is 9.72. The SMILES string of the molecule is CCNC(=O)[C@@H](C)OC(=O)c1cc2c(s1)CC[C@@H](C(C)(C)C)C2. The fraction of sp³-hybridized carbons (Fsp3) is 0.667. The molecule has 1 amide bonds. The van der Waals surface area contributed by atoms with Gasteiger partial charge in [-0.25, -0.2) is 4.79 Å². The quantitative estimate of drug-likeness (QED) is 0.854. The first-order valence-electron chi connectivity index (χ1n) is 8.32. The van der Waals surface area contributed by atoms with Gasteiger partial charge in [0.1, 0.15) is 4.88 Å². The Morgan fingerprint density at radius 2 is 2.13 bits per heavy atom. The summed E-state index contributed by atoms with van der Waals surface area (Å²) in [6, 6.07) is 1.96. The second-order valence-corrected chi connectivity index (χ2v) is 8.44. The molecule has 1 aromatic rings. The maximum Gasteiger partial charge on any atom is 0.349 e. The molecule has 1 aliphatic carbocycles. The molecule has 0 aromatic carbocycles. The number of ether oxygens (including phenoxy) is 1. The van der Waals surface area contributed by atoms with Crippen LogP contribution < -0.4 is 5.32 Å². The molecule has 0 spiro atoms. The molecule has 0 saturated carbocycles. The van der Waals surface area contributed by atoms with E-state index in [2.05, 4.69) is 26.1 Å². The molecule has 0 fully saturated rings. The highest BCUT2D eigenvalue weighted by Crippen LogP contribution is 2.40. The minimum Gasteiger partial charge on any atom is -0.448 e. The molecule has 4 nitrogen and oxygen atoms in total. The predicted octanol–water partition coefficient (Wildman–Crippen LogP) is 3.58. The maximum absolute atomic E-state index is 12.3. The number of rotatable bonds is 4. The smallest absolute Gasteiger partial charge is 0.349 e. The first-order valence-corrected chi connectivity index (χ1v) is 9.14. The molecular weight excluding hydrogens is 310 g/mol. The van der Waals surface area contributed by atoms with Gasteiger partial charge in [-0.3, -0.25) is 4.79 Å². The molecule has 1 N–H and O–H groups in total. The van der Waals surface area contributed by atoms with Crippen LogP contribution in [0.1, 0.15) is 61.2 Å². The van der Waals surface area contributed by atoms with Crippen molar-refractivity contribution < 1.29 is 14.3 Å². The van der Waals surface area contributed by atoms with Crippen molar-refractivity contribution in [2.45, 2.75) is 60.0 Å². The van der Waals surface area contributed by atoms with E-state index in [9.17, 15) is 9.59 Å². The van der Waals surface area contributed by atoms with Crippen LogP contribution in [0, 0.1) is 11.3 Å². The van der Waals surface area contributed by atoms with E-state index in [0.29, 0.717) is 17.3 Å². The maximum atomic E-state index is 12.3. The van der Waals surface area contributed by atoms with E-state index < -0.39 is 12.1 Å². The number of carbonyl (C=O) groups is 2. The number of hydrogen-bond donors (Lipinski definition) is 1. The average Bonchev–Trinajstić information content (AvgIpc) is 2.89. The Kier molecular flexibility index (Phi) is 5.50. The molecule has 0 unspecified atom stereocenters. The molecule has 2 rings (SSSR count). The van der Waals surface area contributed by atoms with Gasteiger partial charge in [0.15, 0.2) is 6.10 Å². The van der Waals surface area contributed by atoms with Gasteiger partial charge in [0.25, 0.3) is 5.91 Å². The second-order valence-electron chi connectivity index (χ2n) is 7.31. The molecule has 0 radical (unpaired) electrons. The molecule has 1 aromatic heterocycles. The van der Waals surface area contributed by atoms with Gasteiger partial charge in [0.2, 0.25) is 0 Å². The molecule has 128 valence electrons. The molecule has 1 aliphatic rings. The minimum atomic E-state index is -0.760. The van der Waals surface area contributed by atoms with Crippen LogP contribution in [0.3, 0.4) is 0 Å². The van der Waals surface area contributed by atoms with E-state index in [1.165, 1.54) is 28.2 Å². The van der Waals surface area contributed by atoms with Crippen LogP contribution in [-0.2, 0) is 22.4 Å². The number of nitrogens with one attached hydrogen (secondary N) is 1. The number of amides is 1. The predicted molar refractivity (Wildman–Crippen MR) is 92.9 cm³/mol. The van der Waals surface area contributed by atoms with E-state index in [1.54, 1.807) is 6.92 Å². The highest BCUT2D eigenvalue weighted by molar-refractivity contribution is 7.14. The van der Waals surface area contributed by atoms with Crippen molar-refractivity contribution in [3.63, 3.8) is 0 Å². The Morgan fingerprint density at radius 1 is 1.43 bits per heavy atom. The van der Waals surface area contributed by atoms with Crippen LogP contribution in [-0.4, -0.2) is 24.5 Å². The van der Waals surface area contributed by atoms with E-state index in [4.69, 9.17) is 4.74 Å². The van der Waals surface area contributed by atoms with Crippen LogP contribution in [0.15, 0.2) is 6.07 Å². The molecule has 23 heavy (non-hydrogen) atoms. The summed E-state index contributed by atoms with van der Waals surface area (Å²) >= 11 is 1.52. The van der Waals surface area contributed by atoms with E-state index >= 15 is 0 Å². The van der Waals surface area contributed by atoms with Crippen molar-refractivity contribution in [1.82, 2.24) is 5.32 Å². The lowest BCUT2D eigenvalue weighted by Crippen LogP contribution is -2.35. The largest absolute Gasteiger partial charge is 0.448 e. The Morgan fingerprint density at radius 3 is 2.74 bits per heavy atom. The number of fused-ring (bicyclic) bond motifs is 1. The fourth-order valence-electron chi connectivity index (χ4n) is 2.95. The summed E-state index contributed by atoms with van der Waals surface area (Å²) in [5, 5.41) is 2.66. The van der Waals surface area contributed by atoms with Crippen molar-refractivity contribution in [3.05, 3.63) is 21.4 Å². The average molecular weight is 337 g/mol. The summed E-state index contributed by atoms with van der Waals surface area (Å²) in [5.41, 5.74) is 1.56. The number of aryl methyl sites for hydroxylation is 1. The number of thiophene rings is 1. The number of carbonyl (C=O) groups excluding carboxylic acids is 2. The third-order valence-corrected chi connectivity index (χ3v) is 5.73. The lowest BCUT2D eigenvalue weighted by Gasteiger charge is -2.33. The monoisotopic (exact) mass is 337 g/mol. The Balaban J connectivity index is 2.05. The normalized spacial score (nSPS) is 18.9. The Bertz CT molecular complexity index is 586. The Hall–Kier alpha value is -1.36. The number of esters is 1. The molecule has 0 aliphatic heterocycles. The fourth-order valence-corrected chi connectivity index (χ4v) is 4.04. The molecule has 1 heterocycles. The summed E-state index contributed by atoms with van der Waals surface area (Å²) in [6.07, 6.45) is 2.46. The van der Waals surface area contributed by atoms with Gasteiger partial charge in [-0.15, -0.1) is 11.3 Å². The third-order valence-electron chi connectivity index (χ3n) is 4.51. The zero-order valence-electron chi connectivity index (χ0n) is 14.7. The third kappa shape index (κ3) is 4.34. The van der Waals surface area contributed by atoms with Crippen LogP contribution in [0.4, 0.5) is 0 Å². The van der Waals surface area contributed by atoms with Gasteiger partial charge >= 0.3 is 5.97 Å². The minimum absolute atomic E-state index is 0.255. The van der Waals surface area contributed by atoms with Gasteiger partial charge < -0.3 is 10.1 Å². The van der Waals surface area contributed by atoms with Gasteiger partial charge in [-0.2, -0.15) is 0 Å². The van der Waals surface area contributed by atoms with Crippen LogP contribution in [0.5, 0.6) is 0 Å². The van der Waals surface area contributed by atoms with Crippen LogP contribution in [0.25, 0.3) is 0 Å². The molecule has 0 bridgehead atoms. The van der Waals surface area contributed by atoms with Gasteiger partial charge in [-0.05, 0) is 56.1 Å². The molecule has 2 atom stereocenters. The highest BCUT2D eigenvalue weighted by Gasteiger charge is 2.31. The lowest BCUT2D eigenvalue weighted by molar-refractivity contribution is -0.128. The number of hydrogen-bond acceptors (Lipinski definition) is 4. The summed E-state index contributed by atoms with van der Waals surface area (Å²) < 4.78 is 5.28. The molecule has 0 saturated heterocycles. The first-order chi connectivity index (χ1) is 10.7. The van der Waals surface area contributed by atoms with E-state index in [-0.39, 0.29) is 11.3 Å². The van der Waals surface area contributed by atoms with Crippen LogP contribution in [0.2, 0.25) is 0 Å². The molecular formula is C18H27NO3S. The van der Waals surface area contributed by atoms with Crippen molar-refractivity contribution in [1.29, 1.82) is 0 Å². The van der Waals surface area contributed by atoms with Gasteiger partial charge in [0.05, 0.1) is 0 Å². The van der Waals surface area contributed by atoms with Crippen molar-refractivity contribution in [3.8, 4) is 0 Å². The first kappa shape index (κ1) is 18.0.